The molecule has 1 fully saturated rings. The molecule has 0 saturated heterocycles. The molecule has 1 aromatic heterocycles. The Balaban J connectivity index is 2.11. The van der Waals surface area contributed by atoms with E-state index in [0.717, 1.165) is 25.0 Å². The van der Waals surface area contributed by atoms with Crippen LogP contribution in [-0.4, -0.2) is 16.1 Å². The van der Waals surface area contributed by atoms with Crippen LogP contribution in [0.5, 0.6) is 0 Å². The van der Waals surface area contributed by atoms with Gasteiger partial charge in [-0.3, -0.25) is 4.79 Å². The van der Waals surface area contributed by atoms with Gasteiger partial charge in [0, 0.05) is 11.8 Å². The van der Waals surface area contributed by atoms with Gasteiger partial charge in [0.05, 0.1) is 16.6 Å². The van der Waals surface area contributed by atoms with Gasteiger partial charge in [-0.2, -0.15) is 0 Å². The summed E-state index contributed by atoms with van der Waals surface area (Å²) in [5, 5.41) is 11.0. The van der Waals surface area contributed by atoms with Gasteiger partial charge >= 0.3 is 5.97 Å². The lowest BCUT2D eigenvalue weighted by Crippen LogP contribution is -2.39. The summed E-state index contributed by atoms with van der Waals surface area (Å²) in [5.74, 6) is -0.660. The normalized spacial score (nSPS) is 19.4. The third-order valence-electron chi connectivity index (χ3n) is 2.77. The van der Waals surface area contributed by atoms with Crippen molar-refractivity contribution in [3.63, 3.8) is 0 Å². The zero-order chi connectivity index (χ0) is 9.31. The number of thiazole rings is 1. The lowest BCUT2D eigenvalue weighted by atomic mass is 9.66. The summed E-state index contributed by atoms with van der Waals surface area (Å²) in [4.78, 5) is 15.1. The molecule has 0 amide bonds. The third-order valence-corrected chi connectivity index (χ3v) is 3.40. The summed E-state index contributed by atoms with van der Waals surface area (Å²) in [6, 6.07) is 0. The van der Waals surface area contributed by atoms with Gasteiger partial charge < -0.3 is 5.11 Å². The Morgan fingerprint density at radius 2 is 2.46 bits per heavy atom. The van der Waals surface area contributed by atoms with Crippen molar-refractivity contribution in [2.24, 2.45) is 5.41 Å². The molecular formula is C9H11NO2S. The number of carboxylic acid groups (broad SMARTS) is 1. The molecule has 0 spiro atoms. The number of carbonyl (C=O) groups is 1. The molecule has 70 valence electrons. The summed E-state index contributed by atoms with van der Waals surface area (Å²) in [7, 11) is 0. The Kier molecular flexibility index (Phi) is 2.07. The first-order chi connectivity index (χ1) is 6.23. The predicted octanol–water partition coefficient (Wildman–Crippen LogP) is 1.94. The van der Waals surface area contributed by atoms with Crippen LogP contribution in [0.25, 0.3) is 0 Å². The molecule has 4 heteroatoms. The van der Waals surface area contributed by atoms with E-state index in [1.54, 1.807) is 5.51 Å². The molecule has 0 unspecified atom stereocenters. The molecule has 13 heavy (non-hydrogen) atoms. The topological polar surface area (TPSA) is 50.2 Å². The smallest absolute Gasteiger partial charge is 0.310 e. The van der Waals surface area contributed by atoms with Crippen LogP contribution >= 0.6 is 11.3 Å². The van der Waals surface area contributed by atoms with E-state index in [9.17, 15) is 4.79 Å². The largest absolute Gasteiger partial charge is 0.481 e. The summed E-state index contributed by atoms with van der Waals surface area (Å²) in [6.45, 7) is 0. The van der Waals surface area contributed by atoms with Crippen molar-refractivity contribution in [2.45, 2.75) is 25.7 Å². The van der Waals surface area contributed by atoms with Crippen molar-refractivity contribution in [1.82, 2.24) is 4.98 Å². The molecule has 1 aromatic rings. The Labute approximate surface area is 80.4 Å². The number of rotatable bonds is 3. The van der Waals surface area contributed by atoms with Crippen molar-refractivity contribution >= 4 is 17.3 Å². The first-order valence-electron chi connectivity index (χ1n) is 4.33. The highest BCUT2D eigenvalue weighted by molar-refractivity contribution is 7.07. The van der Waals surface area contributed by atoms with Crippen LogP contribution in [-0.2, 0) is 11.2 Å². The van der Waals surface area contributed by atoms with E-state index < -0.39 is 11.4 Å². The first-order valence-corrected chi connectivity index (χ1v) is 5.28. The van der Waals surface area contributed by atoms with Crippen molar-refractivity contribution in [3.05, 3.63) is 16.6 Å². The average Bonchev–Trinajstić information content (AvgIpc) is 2.47. The third kappa shape index (κ3) is 1.46. The van der Waals surface area contributed by atoms with Crippen LogP contribution in [0.1, 0.15) is 25.0 Å². The molecule has 0 aromatic carbocycles. The summed E-state index contributed by atoms with van der Waals surface area (Å²) >= 11 is 1.52. The lowest BCUT2D eigenvalue weighted by Gasteiger charge is -2.37. The average molecular weight is 197 g/mol. The molecule has 0 aliphatic heterocycles. The highest BCUT2D eigenvalue weighted by Crippen LogP contribution is 2.43. The van der Waals surface area contributed by atoms with E-state index in [1.807, 2.05) is 5.38 Å². The lowest BCUT2D eigenvalue weighted by molar-refractivity contribution is -0.154. The van der Waals surface area contributed by atoms with Crippen molar-refractivity contribution in [2.75, 3.05) is 0 Å². The zero-order valence-electron chi connectivity index (χ0n) is 7.19. The van der Waals surface area contributed by atoms with Gasteiger partial charge in [0.15, 0.2) is 0 Å². The zero-order valence-corrected chi connectivity index (χ0v) is 8.01. The minimum atomic E-state index is -0.660. The maximum atomic E-state index is 11.0. The monoisotopic (exact) mass is 197 g/mol. The van der Waals surface area contributed by atoms with Crippen LogP contribution in [0.2, 0.25) is 0 Å². The van der Waals surface area contributed by atoms with E-state index in [0.29, 0.717) is 6.42 Å². The number of nitrogens with zero attached hydrogens (tertiary/aromatic N) is 1. The molecule has 1 heterocycles. The Bertz CT molecular complexity index is 303. The second-order valence-electron chi connectivity index (χ2n) is 3.60. The van der Waals surface area contributed by atoms with Crippen LogP contribution in [0.3, 0.4) is 0 Å². The molecule has 1 aliphatic rings. The number of carboxylic acids is 1. The molecule has 1 saturated carbocycles. The summed E-state index contributed by atoms with van der Waals surface area (Å²) in [5.41, 5.74) is 2.18. The highest BCUT2D eigenvalue weighted by atomic mass is 32.1. The molecule has 3 nitrogen and oxygen atoms in total. The minimum Gasteiger partial charge on any atom is -0.481 e. The summed E-state index contributed by atoms with van der Waals surface area (Å²) in [6.07, 6.45) is 3.25. The second kappa shape index (κ2) is 3.10. The predicted molar refractivity (Wildman–Crippen MR) is 49.7 cm³/mol. The van der Waals surface area contributed by atoms with E-state index in [4.69, 9.17) is 5.11 Å². The van der Waals surface area contributed by atoms with Crippen molar-refractivity contribution < 1.29 is 9.90 Å². The molecular weight excluding hydrogens is 186 g/mol. The quantitative estimate of drug-likeness (QED) is 0.805. The fourth-order valence-electron chi connectivity index (χ4n) is 1.74. The number of hydrogen-bond donors (Lipinski definition) is 1. The second-order valence-corrected chi connectivity index (χ2v) is 4.31. The van der Waals surface area contributed by atoms with Gasteiger partial charge in [0.25, 0.3) is 0 Å². The Morgan fingerprint density at radius 3 is 2.85 bits per heavy atom. The van der Waals surface area contributed by atoms with Crippen LogP contribution in [0.4, 0.5) is 0 Å². The standard InChI is InChI=1S/C9H11NO2S/c11-8(12)9(2-1-3-9)4-7-5-13-6-10-7/h5-6H,1-4H2,(H,11,12). The number of hydrogen-bond acceptors (Lipinski definition) is 3. The van der Waals surface area contributed by atoms with Gasteiger partial charge in [-0.15, -0.1) is 11.3 Å². The van der Waals surface area contributed by atoms with Crippen LogP contribution in [0.15, 0.2) is 10.9 Å². The van der Waals surface area contributed by atoms with E-state index in [-0.39, 0.29) is 0 Å². The molecule has 1 N–H and O–H groups in total. The molecule has 0 atom stereocenters. The van der Waals surface area contributed by atoms with Gasteiger partial charge in [-0.05, 0) is 12.8 Å². The fourth-order valence-corrected chi connectivity index (χ4v) is 2.30. The van der Waals surface area contributed by atoms with Crippen LogP contribution < -0.4 is 0 Å². The Morgan fingerprint density at radius 1 is 1.69 bits per heavy atom. The van der Waals surface area contributed by atoms with Crippen LogP contribution in [0, 0.1) is 5.41 Å². The van der Waals surface area contributed by atoms with Crippen molar-refractivity contribution in [3.8, 4) is 0 Å². The highest BCUT2D eigenvalue weighted by Gasteiger charge is 2.44. The maximum absolute atomic E-state index is 11.0. The first kappa shape index (κ1) is 8.69. The van der Waals surface area contributed by atoms with Gasteiger partial charge in [-0.1, -0.05) is 6.42 Å². The minimum absolute atomic E-state index is 0.492. The van der Waals surface area contributed by atoms with E-state index in [2.05, 4.69) is 4.98 Å². The van der Waals surface area contributed by atoms with Crippen molar-refractivity contribution in [1.29, 1.82) is 0 Å². The van der Waals surface area contributed by atoms with E-state index in [1.165, 1.54) is 11.3 Å². The Hall–Kier alpha value is -0.900. The van der Waals surface area contributed by atoms with Gasteiger partial charge in [-0.25, -0.2) is 4.98 Å². The van der Waals surface area contributed by atoms with Gasteiger partial charge in [0.2, 0.25) is 0 Å². The van der Waals surface area contributed by atoms with E-state index >= 15 is 0 Å². The summed E-state index contributed by atoms with van der Waals surface area (Å²) < 4.78 is 0. The fraction of sp³-hybridized carbons (Fsp3) is 0.556. The molecule has 1 aliphatic carbocycles. The SMILES string of the molecule is O=C(O)C1(Cc2cscn2)CCC1. The molecule has 2 rings (SSSR count). The molecule has 0 bridgehead atoms. The maximum Gasteiger partial charge on any atom is 0.310 e. The molecule has 0 radical (unpaired) electrons. The number of aliphatic carboxylic acids is 1. The number of aromatic nitrogens is 1. The van der Waals surface area contributed by atoms with Gasteiger partial charge in [0.1, 0.15) is 0 Å².